The summed E-state index contributed by atoms with van der Waals surface area (Å²) >= 11 is 0. The van der Waals surface area contributed by atoms with Crippen molar-refractivity contribution in [3.63, 3.8) is 0 Å². The molecule has 0 spiro atoms. The molecule has 0 unspecified atom stereocenters. The van der Waals surface area contributed by atoms with Gasteiger partial charge in [-0.15, -0.1) is 12.4 Å². The van der Waals surface area contributed by atoms with Gasteiger partial charge in [-0.25, -0.2) is 4.98 Å². The second kappa shape index (κ2) is 9.11. The standard InChI is InChI=1S/C16H23N7.ClH/c1-12-14(16(22(2)3)23(4)21-12)11-18-8-9-20-15-13(10-17)6-5-7-19-15;/h5-7,18H,8-9,11H2,1-4H3,(H,19,20);1H. The van der Waals surface area contributed by atoms with Crippen molar-refractivity contribution in [2.24, 2.45) is 7.05 Å². The number of halogens is 1. The number of hydrogen-bond donors (Lipinski definition) is 2. The smallest absolute Gasteiger partial charge is 0.143 e. The molecule has 0 aliphatic rings. The fourth-order valence-electron chi connectivity index (χ4n) is 2.58. The number of nitrogens with one attached hydrogen (secondary N) is 2. The van der Waals surface area contributed by atoms with E-state index in [0.717, 1.165) is 24.6 Å². The van der Waals surface area contributed by atoms with Crippen LogP contribution in [-0.2, 0) is 13.6 Å². The second-order valence-corrected chi connectivity index (χ2v) is 5.52. The molecule has 0 bridgehead atoms. The van der Waals surface area contributed by atoms with Crippen molar-refractivity contribution >= 4 is 24.0 Å². The molecule has 0 atom stereocenters. The molecule has 0 aromatic carbocycles. The Morgan fingerprint density at radius 3 is 2.75 bits per heavy atom. The summed E-state index contributed by atoms with van der Waals surface area (Å²) in [6.45, 7) is 4.24. The monoisotopic (exact) mass is 349 g/mol. The molecule has 2 aromatic rings. The van der Waals surface area contributed by atoms with Crippen LogP contribution >= 0.6 is 12.4 Å². The van der Waals surface area contributed by atoms with Gasteiger partial charge in [-0.2, -0.15) is 10.4 Å². The summed E-state index contributed by atoms with van der Waals surface area (Å²) in [5, 5.41) is 20.1. The molecular weight excluding hydrogens is 326 g/mol. The van der Waals surface area contributed by atoms with Gasteiger partial charge in [-0.3, -0.25) is 4.68 Å². The lowest BCUT2D eigenvalue weighted by Crippen LogP contribution is -2.24. The van der Waals surface area contributed by atoms with Gasteiger partial charge in [-0.05, 0) is 19.1 Å². The average Bonchev–Trinajstić information content (AvgIpc) is 2.81. The summed E-state index contributed by atoms with van der Waals surface area (Å²) in [6.07, 6.45) is 1.68. The minimum absolute atomic E-state index is 0. The third-order valence-corrected chi connectivity index (χ3v) is 3.56. The summed E-state index contributed by atoms with van der Waals surface area (Å²) in [5.74, 6) is 1.74. The molecule has 2 aromatic heterocycles. The van der Waals surface area contributed by atoms with E-state index < -0.39 is 0 Å². The average molecular weight is 350 g/mol. The van der Waals surface area contributed by atoms with Crippen molar-refractivity contribution < 1.29 is 0 Å². The lowest BCUT2D eigenvalue weighted by molar-refractivity contribution is 0.700. The van der Waals surface area contributed by atoms with Crippen LogP contribution in [0.3, 0.4) is 0 Å². The first kappa shape index (κ1) is 19.7. The Hall–Kier alpha value is -2.30. The fraction of sp³-hybridized carbons (Fsp3) is 0.438. The Morgan fingerprint density at radius 2 is 2.08 bits per heavy atom. The van der Waals surface area contributed by atoms with Gasteiger partial charge in [-0.1, -0.05) is 0 Å². The second-order valence-electron chi connectivity index (χ2n) is 5.52. The van der Waals surface area contributed by atoms with Crippen LogP contribution in [0.4, 0.5) is 11.6 Å². The molecule has 0 aliphatic carbocycles. The van der Waals surface area contributed by atoms with Gasteiger partial charge in [0.15, 0.2) is 0 Å². The first-order valence-corrected chi connectivity index (χ1v) is 7.54. The molecule has 2 N–H and O–H groups in total. The van der Waals surface area contributed by atoms with Crippen molar-refractivity contribution in [2.45, 2.75) is 13.5 Å². The maximum atomic E-state index is 9.03. The minimum atomic E-state index is 0. The van der Waals surface area contributed by atoms with Crippen LogP contribution in [0.2, 0.25) is 0 Å². The highest BCUT2D eigenvalue weighted by Gasteiger charge is 2.14. The summed E-state index contributed by atoms with van der Waals surface area (Å²) in [7, 11) is 6.00. The zero-order valence-corrected chi connectivity index (χ0v) is 15.3. The van der Waals surface area contributed by atoms with Crippen LogP contribution in [0.25, 0.3) is 0 Å². The van der Waals surface area contributed by atoms with Crippen molar-refractivity contribution in [1.82, 2.24) is 20.1 Å². The lowest BCUT2D eigenvalue weighted by Gasteiger charge is -2.15. The van der Waals surface area contributed by atoms with Gasteiger partial charge >= 0.3 is 0 Å². The van der Waals surface area contributed by atoms with Crippen molar-refractivity contribution in [1.29, 1.82) is 5.26 Å². The van der Waals surface area contributed by atoms with Gasteiger partial charge in [0.25, 0.3) is 0 Å². The summed E-state index contributed by atoms with van der Waals surface area (Å²) < 4.78 is 1.90. The van der Waals surface area contributed by atoms with Crippen molar-refractivity contribution in [3.05, 3.63) is 35.2 Å². The molecule has 7 nitrogen and oxygen atoms in total. The highest BCUT2D eigenvalue weighted by Crippen LogP contribution is 2.20. The molecule has 130 valence electrons. The Balaban J connectivity index is 0.00000288. The van der Waals surface area contributed by atoms with Crippen molar-refractivity contribution in [3.8, 4) is 6.07 Å². The highest BCUT2D eigenvalue weighted by molar-refractivity contribution is 5.85. The largest absolute Gasteiger partial charge is 0.368 e. The quantitative estimate of drug-likeness (QED) is 0.740. The number of nitriles is 1. The van der Waals surface area contributed by atoms with Gasteiger partial charge in [0.05, 0.1) is 11.3 Å². The Labute approximate surface area is 149 Å². The Morgan fingerprint density at radius 1 is 1.33 bits per heavy atom. The molecular formula is C16H24ClN7. The summed E-state index contributed by atoms with van der Waals surface area (Å²) in [6, 6.07) is 5.65. The number of anilines is 2. The molecule has 0 radical (unpaired) electrons. The number of pyridine rings is 1. The highest BCUT2D eigenvalue weighted by atomic mass is 35.5. The number of aryl methyl sites for hydroxylation is 2. The van der Waals surface area contributed by atoms with Crippen LogP contribution in [0.1, 0.15) is 16.8 Å². The topological polar surface area (TPSA) is 81.8 Å². The Kier molecular flexibility index (Phi) is 7.49. The predicted octanol–water partition coefficient (Wildman–Crippen LogP) is 1.68. The predicted molar refractivity (Wildman–Crippen MR) is 98.7 cm³/mol. The molecule has 0 saturated heterocycles. The maximum Gasteiger partial charge on any atom is 0.143 e. The molecule has 0 amide bonds. The lowest BCUT2D eigenvalue weighted by atomic mass is 10.2. The molecule has 0 fully saturated rings. The molecule has 0 saturated carbocycles. The van der Waals surface area contributed by atoms with Crippen LogP contribution in [-0.4, -0.2) is 41.9 Å². The number of hydrogen-bond acceptors (Lipinski definition) is 6. The normalized spacial score (nSPS) is 9.96. The Bertz CT molecular complexity index is 703. The summed E-state index contributed by atoms with van der Waals surface area (Å²) in [5.41, 5.74) is 2.80. The van der Waals surface area contributed by atoms with E-state index in [4.69, 9.17) is 5.26 Å². The van der Waals surface area contributed by atoms with Gasteiger partial charge in [0, 0.05) is 52.5 Å². The van der Waals surface area contributed by atoms with Crippen LogP contribution in [0.5, 0.6) is 0 Å². The van der Waals surface area contributed by atoms with Crippen molar-refractivity contribution in [2.75, 3.05) is 37.4 Å². The molecule has 24 heavy (non-hydrogen) atoms. The van der Waals surface area contributed by atoms with Crippen LogP contribution in [0.15, 0.2) is 18.3 Å². The van der Waals surface area contributed by atoms with Gasteiger partial charge in [0.2, 0.25) is 0 Å². The molecule has 0 aliphatic heterocycles. The maximum absolute atomic E-state index is 9.03. The van der Waals surface area contributed by atoms with E-state index in [1.54, 1.807) is 18.3 Å². The van der Waals surface area contributed by atoms with E-state index in [-0.39, 0.29) is 12.4 Å². The molecule has 8 heteroatoms. The van der Waals surface area contributed by atoms with E-state index in [1.165, 1.54) is 5.56 Å². The van der Waals surface area contributed by atoms with Crippen LogP contribution in [0, 0.1) is 18.3 Å². The SMILES string of the molecule is Cc1nn(C)c(N(C)C)c1CNCCNc1ncccc1C#N.Cl. The minimum Gasteiger partial charge on any atom is -0.368 e. The van der Waals surface area contributed by atoms with E-state index in [0.29, 0.717) is 17.9 Å². The van der Waals surface area contributed by atoms with E-state index >= 15 is 0 Å². The first-order chi connectivity index (χ1) is 11.0. The zero-order chi connectivity index (χ0) is 16.8. The van der Waals surface area contributed by atoms with E-state index in [1.807, 2.05) is 32.7 Å². The number of aromatic nitrogens is 3. The zero-order valence-electron chi connectivity index (χ0n) is 14.5. The number of rotatable bonds is 7. The first-order valence-electron chi connectivity index (χ1n) is 7.54. The molecule has 2 heterocycles. The van der Waals surface area contributed by atoms with E-state index in [2.05, 4.69) is 31.7 Å². The third-order valence-electron chi connectivity index (χ3n) is 3.56. The van der Waals surface area contributed by atoms with E-state index in [9.17, 15) is 0 Å². The summed E-state index contributed by atoms with van der Waals surface area (Å²) in [4.78, 5) is 6.25. The molecule has 2 rings (SSSR count). The number of nitrogens with zero attached hydrogens (tertiary/aromatic N) is 5. The fourth-order valence-corrected chi connectivity index (χ4v) is 2.58. The van der Waals surface area contributed by atoms with Crippen LogP contribution < -0.4 is 15.5 Å². The van der Waals surface area contributed by atoms with Gasteiger partial charge in [0.1, 0.15) is 17.7 Å². The third kappa shape index (κ3) is 4.60. The van der Waals surface area contributed by atoms with Gasteiger partial charge < -0.3 is 15.5 Å².